The van der Waals surface area contributed by atoms with Crippen LogP contribution in [0.3, 0.4) is 0 Å². The Balaban J connectivity index is 0.00000264. The van der Waals surface area contributed by atoms with Gasteiger partial charge in [-0.3, -0.25) is 0 Å². The van der Waals surface area contributed by atoms with E-state index in [9.17, 15) is 0 Å². The molecule has 234 valence electrons. The van der Waals surface area contributed by atoms with E-state index in [1.54, 1.807) is 25.5 Å². The fraction of sp³-hybridized carbons (Fsp3) is 0.439. The first kappa shape index (κ1) is 36.9. The number of allylic oxidation sites excluding steroid dienone is 4. The molecule has 0 aromatic heterocycles. The summed E-state index contributed by atoms with van der Waals surface area (Å²) in [4.78, 5) is 0. The molecule has 1 unspecified atom stereocenters. The molecule has 0 amide bonds. The number of rotatable bonds is 4. The Morgan fingerprint density at radius 3 is 1.55 bits per heavy atom. The van der Waals surface area contributed by atoms with Crippen LogP contribution in [0.1, 0.15) is 121 Å². The van der Waals surface area contributed by atoms with Gasteiger partial charge in [-0.1, -0.05) is 0 Å². The molecule has 0 bridgehead atoms. The molecule has 44 heavy (non-hydrogen) atoms. The first-order valence-electron chi connectivity index (χ1n) is 16.1. The Hall–Kier alpha value is -1.53. The SMILES string of the molecule is CC/[C](c1ccccc1)=[Zr+2](\[C]1=C(C)C(C(C)(C)C)=CC1C)[CH]1c2ccc(C(C)(C)C)cc2-c2cc(C(C)(C)C)ccc21.[Cl-].[Cl-]. The van der Waals surface area contributed by atoms with Crippen LogP contribution in [-0.2, 0) is 32.1 Å². The van der Waals surface area contributed by atoms with Gasteiger partial charge in [-0.05, 0) is 0 Å². The van der Waals surface area contributed by atoms with E-state index in [0.717, 1.165) is 6.42 Å². The molecule has 0 fully saturated rings. The molecule has 3 aromatic rings. The van der Waals surface area contributed by atoms with Crippen molar-refractivity contribution in [2.75, 3.05) is 0 Å². The maximum atomic E-state index is 2.62. The summed E-state index contributed by atoms with van der Waals surface area (Å²) in [6.07, 6.45) is 3.74. The normalized spacial score (nSPS) is 17.0. The van der Waals surface area contributed by atoms with Gasteiger partial charge in [0.1, 0.15) is 0 Å². The molecular formula is C41H52Cl2Zr. The first-order valence-corrected chi connectivity index (χ1v) is 19.9. The summed E-state index contributed by atoms with van der Waals surface area (Å²) in [5.74, 6) is 0.495. The molecule has 5 rings (SSSR count). The minimum absolute atomic E-state index is 0. The van der Waals surface area contributed by atoms with Gasteiger partial charge in [0, 0.05) is 0 Å². The molecule has 0 spiro atoms. The van der Waals surface area contributed by atoms with E-state index in [4.69, 9.17) is 0 Å². The Kier molecular flexibility index (Phi) is 11.2. The molecular weight excluding hydrogens is 655 g/mol. The van der Waals surface area contributed by atoms with E-state index in [-0.39, 0.29) is 41.1 Å². The number of halogens is 2. The van der Waals surface area contributed by atoms with Crippen LogP contribution in [0.5, 0.6) is 0 Å². The van der Waals surface area contributed by atoms with Gasteiger partial charge < -0.3 is 24.8 Å². The summed E-state index contributed by atoms with van der Waals surface area (Å²) < 4.78 is 4.05. The predicted octanol–water partition coefficient (Wildman–Crippen LogP) is 5.50. The minimum atomic E-state index is -2.60. The van der Waals surface area contributed by atoms with E-state index in [2.05, 4.69) is 156 Å². The Labute approximate surface area is 288 Å². The molecule has 0 aliphatic heterocycles. The van der Waals surface area contributed by atoms with Crippen LogP contribution in [-0.4, -0.2) is 3.21 Å². The summed E-state index contributed by atoms with van der Waals surface area (Å²) in [7, 11) is 0. The average Bonchev–Trinajstić information content (AvgIpc) is 3.39. The number of hydrogen-bond donors (Lipinski definition) is 0. The molecule has 0 saturated heterocycles. The molecule has 3 aromatic carbocycles. The topological polar surface area (TPSA) is 0 Å². The van der Waals surface area contributed by atoms with Crippen LogP contribution in [0, 0.1) is 11.3 Å². The van der Waals surface area contributed by atoms with Crippen molar-refractivity contribution in [2.24, 2.45) is 11.3 Å². The van der Waals surface area contributed by atoms with Crippen molar-refractivity contribution in [1.29, 1.82) is 0 Å². The monoisotopic (exact) mass is 704 g/mol. The zero-order valence-electron chi connectivity index (χ0n) is 29.0. The van der Waals surface area contributed by atoms with E-state index in [1.807, 2.05) is 3.28 Å². The molecule has 0 nitrogen and oxygen atoms in total. The summed E-state index contributed by atoms with van der Waals surface area (Å²) in [6.45, 7) is 28.6. The molecule has 3 heteroatoms. The molecule has 1 atom stereocenters. The second-order valence-electron chi connectivity index (χ2n) is 15.8. The van der Waals surface area contributed by atoms with Crippen molar-refractivity contribution in [1.82, 2.24) is 0 Å². The van der Waals surface area contributed by atoms with Crippen LogP contribution in [0.2, 0.25) is 0 Å². The summed E-state index contributed by atoms with van der Waals surface area (Å²) in [5.41, 5.74) is 14.0. The Bertz CT molecular complexity index is 1550. The second-order valence-corrected chi connectivity index (χ2v) is 22.1. The van der Waals surface area contributed by atoms with Crippen LogP contribution < -0.4 is 24.8 Å². The number of hydrogen-bond acceptors (Lipinski definition) is 0. The van der Waals surface area contributed by atoms with Crippen molar-refractivity contribution in [3.05, 3.63) is 115 Å². The zero-order valence-corrected chi connectivity index (χ0v) is 33.0. The van der Waals surface area contributed by atoms with Crippen LogP contribution in [0.4, 0.5) is 0 Å². The summed E-state index contributed by atoms with van der Waals surface area (Å²) in [6, 6.07) is 26.5. The van der Waals surface area contributed by atoms with Gasteiger partial charge >= 0.3 is 266 Å². The average molecular weight is 707 g/mol. The van der Waals surface area contributed by atoms with Gasteiger partial charge in [0.2, 0.25) is 0 Å². The van der Waals surface area contributed by atoms with Gasteiger partial charge in [-0.2, -0.15) is 0 Å². The molecule has 2 aliphatic rings. The maximum Gasteiger partial charge on any atom is -1.00 e. The number of fused-ring (bicyclic) bond motifs is 3. The van der Waals surface area contributed by atoms with Gasteiger partial charge in [-0.25, -0.2) is 0 Å². The smallest absolute Gasteiger partial charge is 1.00 e. The van der Waals surface area contributed by atoms with Crippen LogP contribution in [0.15, 0.2) is 87.2 Å². The summed E-state index contributed by atoms with van der Waals surface area (Å²) in [5, 5.41) is 0. The van der Waals surface area contributed by atoms with Crippen molar-refractivity contribution < 1.29 is 46.1 Å². The zero-order chi connectivity index (χ0) is 30.8. The van der Waals surface area contributed by atoms with Crippen molar-refractivity contribution in [3.63, 3.8) is 0 Å². The predicted molar refractivity (Wildman–Crippen MR) is 181 cm³/mol. The fourth-order valence-electron chi connectivity index (χ4n) is 7.38. The van der Waals surface area contributed by atoms with Crippen molar-refractivity contribution in [2.45, 2.75) is 104 Å². The minimum Gasteiger partial charge on any atom is -1.00 e. The second kappa shape index (κ2) is 13.3. The quantitative estimate of drug-likeness (QED) is 0.336. The van der Waals surface area contributed by atoms with Gasteiger partial charge in [0.25, 0.3) is 0 Å². The Morgan fingerprint density at radius 1 is 0.682 bits per heavy atom. The van der Waals surface area contributed by atoms with Crippen molar-refractivity contribution in [3.8, 4) is 11.1 Å². The van der Waals surface area contributed by atoms with Crippen molar-refractivity contribution >= 4 is 3.21 Å². The maximum absolute atomic E-state index is 2.62. The van der Waals surface area contributed by atoms with Crippen LogP contribution in [0.25, 0.3) is 11.1 Å². The van der Waals surface area contributed by atoms with E-state index in [0.29, 0.717) is 9.54 Å². The van der Waals surface area contributed by atoms with Gasteiger partial charge in [-0.15, -0.1) is 0 Å². The standard InChI is InChI=1S/C21H25.C11H17.C9H10.2ClH.Zr/c1-20(2,3)16-9-7-14-11-15-8-10-17(21(4,5)6)13-19(15)18(14)12-16;1-8-6-9(2)10(7-8)11(3,4)5;1-2-6-9-7-4-3-5-8-9;;;/h7-13H,1-6H3;7-8H,1-5H3;3-5,7-8H,2H2,1H3;2*1H;/q;;;;;+2/p-2. The largest absolute Gasteiger partial charge is 1.00 e. The molecule has 0 N–H and O–H groups in total. The van der Waals surface area contributed by atoms with Crippen LogP contribution >= 0.6 is 0 Å². The van der Waals surface area contributed by atoms with Gasteiger partial charge in [0.05, 0.1) is 0 Å². The fourth-order valence-corrected chi connectivity index (χ4v) is 17.4. The third-order valence-electron chi connectivity index (χ3n) is 9.62. The number of benzene rings is 3. The van der Waals surface area contributed by atoms with Gasteiger partial charge in [0.15, 0.2) is 0 Å². The molecule has 0 heterocycles. The van der Waals surface area contributed by atoms with E-state index < -0.39 is 21.3 Å². The first-order chi connectivity index (χ1) is 19.5. The summed E-state index contributed by atoms with van der Waals surface area (Å²) >= 11 is -2.60. The van der Waals surface area contributed by atoms with E-state index >= 15 is 0 Å². The molecule has 0 radical (unpaired) electrons. The third-order valence-corrected chi connectivity index (χ3v) is 19.2. The van der Waals surface area contributed by atoms with E-state index in [1.165, 1.54) is 27.8 Å². The molecule has 2 aliphatic carbocycles. The Morgan fingerprint density at radius 2 is 1.16 bits per heavy atom. The third kappa shape index (κ3) is 6.78. The molecule has 0 saturated carbocycles.